The van der Waals surface area contributed by atoms with Gasteiger partial charge in [-0.2, -0.15) is 0 Å². The van der Waals surface area contributed by atoms with E-state index in [1.54, 1.807) is 24.3 Å². The fourth-order valence-corrected chi connectivity index (χ4v) is 1.12. The van der Waals surface area contributed by atoms with Crippen molar-refractivity contribution in [2.24, 2.45) is 0 Å². The van der Waals surface area contributed by atoms with Crippen molar-refractivity contribution in [2.45, 2.75) is 13.0 Å². The maximum Gasteiger partial charge on any atom is 0.190 e. The second-order valence-corrected chi connectivity index (χ2v) is 3.46. The van der Waals surface area contributed by atoms with Crippen LogP contribution in [0.4, 0.5) is 0 Å². The molecule has 1 aromatic carbocycles. The molecule has 3 heteroatoms. The van der Waals surface area contributed by atoms with Crippen LogP contribution in [-0.4, -0.2) is 17.0 Å². The van der Waals surface area contributed by atoms with Gasteiger partial charge in [0.2, 0.25) is 0 Å². The van der Waals surface area contributed by atoms with Crippen LogP contribution >= 0.6 is 15.9 Å². The number of hydrogen-bond donors (Lipinski definition) is 1. The van der Waals surface area contributed by atoms with Gasteiger partial charge >= 0.3 is 0 Å². The number of benzene rings is 1. The molecule has 12 heavy (non-hydrogen) atoms. The second-order valence-electron chi connectivity index (χ2n) is 2.55. The Morgan fingerprint density at radius 1 is 1.42 bits per heavy atom. The molecule has 0 bridgehead atoms. The van der Waals surface area contributed by atoms with E-state index in [2.05, 4.69) is 15.9 Å². The monoisotopic (exact) mass is 228 g/mol. The van der Waals surface area contributed by atoms with Crippen molar-refractivity contribution >= 4 is 21.7 Å². The van der Waals surface area contributed by atoms with Gasteiger partial charge in [-0.05, 0) is 19.1 Å². The van der Waals surface area contributed by atoms with Crippen molar-refractivity contribution in [3.8, 4) is 0 Å². The van der Waals surface area contributed by atoms with Gasteiger partial charge in [-0.3, -0.25) is 4.79 Å². The molecule has 0 fully saturated rings. The molecule has 1 aromatic rings. The van der Waals surface area contributed by atoms with Crippen LogP contribution in [0.5, 0.6) is 0 Å². The normalized spacial score (nSPS) is 12.6. The molecule has 0 aliphatic rings. The molecule has 64 valence electrons. The molecule has 0 amide bonds. The molecule has 0 spiro atoms. The van der Waals surface area contributed by atoms with E-state index in [1.165, 1.54) is 6.92 Å². The second kappa shape index (κ2) is 3.83. The van der Waals surface area contributed by atoms with Crippen LogP contribution in [0.3, 0.4) is 0 Å². The van der Waals surface area contributed by atoms with Gasteiger partial charge in [0.1, 0.15) is 6.10 Å². The summed E-state index contributed by atoms with van der Waals surface area (Å²) in [5.74, 6) is -0.248. The van der Waals surface area contributed by atoms with E-state index in [0.29, 0.717) is 5.56 Å². The summed E-state index contributed by atoms with van der Waals surface area (Å²) in [6.07, 6.45) is -0.925. The molecule has 0 aromatic heterocycles. The van der Waals surface area contributed by atoms with Gasteiger partial charge < -0.3 is 5.11 Å². The van der Waals surface area contributed by atoms with Gasteiger partial charge in [0, 0.05) is 10.0 Å². The summed E-state index contributed by atoms with van der Waals surface area (Å²) < 4.78 is 0.921. The lowest BCUT2D eigenvalue weighted by molar-refractivity contribution is 0.0779. The third-order valence-corrected chi connectivity index (χ3v) is 2.04. The highest BCUT2D eigenvalue weighted by atomic mass is 79.9. The maximum absolute atomic E-state index is 11.2. The van der Waals surface area contributed by atoms with Gasteiger partial charge in [0.25, 0.3) is 0 Å². The van der Waals surface area contributed by atoms with Crippen molar-refractivity contribution in [3.63, 3.8) is 0 Å². The molecule has 0 heterocycles. The highest BCUT2D eigenvalue weighted by Crippen LogP contribution is 2.11. The van der Waals surface area contributed by atoms with E-state index < -0.39 is 6.10 Å². The fraction of sp³-hybridized carbons (Fsp3) is 0.222. The lowest BCUT2D eigenvalue weighted by Crippen LogP contribution is -2.15. The summed E-state index contributed by atoms with van der Waals surface area (Å²) in [6.45, 7) is 1.46. The number of aliphatic hydroxyl groups excluding tert-OH is 1. The van der Waals surface area contributed by atoms with E-state index in [9.17, 15) is 4.79 Å². The predicted molar refractivity (Wildman–Crippen MR) is 50.2 cm³/mol. The summed E-state index contributed by atoms with van der Waals surface area (Å²) >= 11 is 3.26. The van der Waals surface area contributed by atoms with Crippen LogP contribution < -0.4 is 0 Å². The Labute approximate surface area is 79.3 Å². The summed E-state index contributed by atoms with van der Waals surface area (Å²) in [4.78, 5) is 11.2. The molecule has 2 nitrogen and oxygen atoms in total. The summed E-state index contributed by atoms with van der Waals surface area (Å²) in [7, 11) is 0. The molecule has 0 saturated carbocycles. The fourth-order valence-electron chi connectivity index (χ4n) is 0.855. The predicted octanol–water partition coefficient (Wildman–Crippen LogP) is 2.01. The quantitative estimate of drug-likeness (QED) is 0.787. The Kier molecular flexibility index (Phi) is 3.00. The number of Topliss-reactive ketones (excluding diaryl/α,β-unsaturated/α-hetero) is 1. The highest BCUT2D eigenvalue weighted by Gasteiger charge is 2.10. The van der Waals surface area contributed by atoms with Crippen molar-refractivity contribution in [3.05, 3.63) is 34.3 Å². The van der Waals surface area contributed by atoms with Crippen LogP contribution in [-0.2, 0) is 0 Å². The molecular weight excluding hydrogens is 220 g/mol. The number of aliphatic hydroxyl groups is 1. The Bertz CT molecular complexity index is 277. The largest absolute Gasteiger partial charge is 0.385 e. The molecule has 0 saturated heterocycles. The zero-order valence-electron chi connectivity index (χ0n) is 6.62. The zero-order valence-corrected chi connectivity index (χ0v) is 8.21. The standard InChI is InChI=1S/C9H9BrO2/c1-6(11)9(12)7-2-4-8(10)5-3-7/h2-6,11H,1H3/t6-/m0/s1. The smallest absolute Gasteiger partial charge is 0.190 e. The third-order valence-electron chi connectivity index (χ3n) is 1.51. The lowest BCUT2D eigenvalue weighted by atomic mass is 10.1. The molecule has 0 aliphatic carbocycles. The van der Waals surface area contributed by atoms with Gasteiger partial charge in [0.05, 0.1) is 0 Å². The van der Waals surface area contributed by atoms with Crippen molar-refractivity contribution in [1.82, 2.24) is 0 Å². The van der Waals surface area contributed by atoms with E-state index in [4.69, 9.17) is 5.11 Å². The molecular formula is C9H9BrO2. The molecule has 1 atom stereocenters. The molecule has 1 N–H and O–H groups in total. The van der Waals surface area contributed by atoms with Crippen molar-refractivity contribution in [2.75, 3.05) is 0 Å². The minimum atomic E-state index is -0.925. The zero-order chi connectivity index (χ0) is 9.14. The average Bonchev–Trinajstić information content (AvgIpc) is 2.04. The van der Waals surface area contributed by atoms with Crippen LogP contribution in [0.1, 0.15) is 17.3 Å². The van der Waals surface area contributed by atoms with Crippen LogP contribution in [0.2, 0.25) is 0 Å². The number of halogens is 1. The lowest BCUT2D eigenvalue weighted by Gasteiger charge is -2.02. The van der Waals surface area contributed by atoms with Crippen LogP contribution in [0.25, 0.3) is 0 Å². The SMILES string of the molecule is C[C@H](O)C(=O)c1ccc(Br)cc1. The highest BCUT2D eigenvalue weighted by molar-refractivity contribution is 9.10. The first-order valence-electron chi connectivity index (χ1n) is 3.59. The first-order chi connectivity index (χ1) is 5.61. The van der Waals surface area contributed by atoms with E-state index >= 15 is 0 Å². The van der Waals surface area contributed by atoms with Gasteiger partial charge in [-0.15, -0.1) is 0 Å². The number of carbonyl (C=O) groups is 1. The molecule has 0 aliphatic heterocycles. The first kappa shape index (κ1) is 9.42. The minimum Gasteiger partial charge on any atom is -0.385 e. The third kappa shape index (κ3) is 2.16. The van der Waals surface area contributed by atoms with Gasteiger partial charge in [-0.25, -0.2) is 0 Å². The van der Waals surface area contributed by atoms with E-state index in [0.717, 1.165) is 4.47 Å². The van der Waals surface area contributed by atoms with Gasteiger partial charge in [0.15, 0.2) is 5.78 Å². The first-order valence-corrected chi connectivity index (χ1v) is 4.38. The summed E-state index contributed by atoms with van der Waals surface area (Å²) in [5, 5.41) is 8.98. The maximum atomic E-state index is 11.2. The summed E-state index contributed by atoms with van der Waals surface area (Å²) in [5.41, 5.74) is 0.535. The minimum absolute atomic E-state index is 0.248. The molecule has 0 radical (unpaired) electrons. The number of ketones is 1. The summed E-state index contributed by atoms with van der Waals surface area (Å²) in [6, 6.07) is 6.91. The Morgan fingerprint density at radius 2 is 1.92 bits per heavy atom. The van der Waals surface area contributed by atoms with Crippen molar-refractivity contribution < 1.29 is 9.90 Å². The van der Waals surface area contributed by atoms with E-state index in [-0.39, 0.29) is 5.78 Å². The average molecular weight is 229 g/mol. The van der Waals surface area contributed by atoms with Crippen molar-refractivity contribution in [1.29, 1.82) is 0 Å². The number of carbonyl (C=O) groups excluding carboxylic acids is 1. The molecule has 0 unspecified atom stereocenters. The Morgan fingerprint density at radius 3 is 2.33 bits per heavy atom. The van der Waals surface area contributed by atoms with Gasteiger partial charge in [-0.1, -0.05) is 28.1 Å². The van der Waals surface area contributed by atoms with E-state index in [1.807, 2.05) is 0 Å². The Hall–Kier alpha value is -0.670. The number of hydrogen-bond acceptors (Lipinski definition) is 2. The topological polar surface area (TPSA) is 37.3 Å². The van der Waals surface area contributed by atoms with Crippen LogP contribution in [0, 0.1) is 0 Å². The Balaban J connectivity index is 2.90. The van der Waals surface area contributed by atoms with Crippen LogP contribution in [0.15, 0.2) is 28.7 Å². The number of rotatable bonds is 2. The molecule has 1 rings (SSSR count).